The highest BCUT2D eigenvalue weighted by molar-refractivity contribution is 7.09. The van der Waals surface area contributed by atoms with Gasteiger partial charge >= 0.3 is 5.69 Å². The Balaban J connectivity index is 1.77. The van der Waals surface area contributed by atoms with Crippen LogP contribution in [0.2, 0.25) is 0 Å². The lowest BCUT2D eigenvalue weighted by Crippen LogP contribution is -2.13. The number of aromatic amines is 1. The van der Waals surface area contributed by atoms with E-state index >= 15 is 0 Å². The van der Waals surface area contributed by atoms with Crippen LogP contribution < -0.4 is 11.0 Å². The van der Waals surface area contributed by atoms with E-state index in [9.17, 15) is 4.79 Å². The molecule has 2 aromatic heterocycles. The number of hydrogen-bond acceptors (Lipinski definition) is 4. The molecule has 0 aliphatic heterocycles. The molecule has 0 saturated carbocycles. The lowest BCUT2D eigenvalue weighted by atomic mass is 10.2. The van der Waals surface area contributed by atoms with E-state index in [2.05, 4.69) is 22.2 Å². The van der Waals surface area contributed by atoms with Crippen molar-refractivity contribution in [3.05, 3.63) is 63.7 Å². The number of benzene rings is 1. The van der Waals surface area contributed by atoms with Crippen LogP contribution in [0.5, 0.6) is 0 Å². The maximum absolute atomic E-state index is 11.5. The molecule has 2 heterocycles. The molecule has 5 nitrogen and oxygen atoms in total. The van der Waals surface area contributed by atoms with E-state index in [1.807, 2.05) is 36.0 Å². The number of nitrogens with one attached hydrogen (secondary N) is 2. The third-order valence-corrected chi connectivity index (χ3v) is 4.01. The van der Waals surface area contributed by atoms with E-state index in [1.54, 1.807) is 28.3 Å². The predicted octanol–water partition coefficient (Wildman–Crippen LogP) is 2.80. The molecule has 6 heteroatoms. The topological polar surface area (TPSA) is 62.7 Å². The van der Waals surface area contributed by atoms with E-state index in [1.165, 1.54) is 4.88 Å². The van der Waals surface area contributed by atoms with E-state index in [0.29, 0.717) is 0 Å². The molecular weight excluding hydrogens is 272 g/mol. The molecule has 3 rings (SSSR count). The third kappa shape index (κ3) is 2.50. The van der Waals surface area contributed by atoms with Crippen LogP contribution in [0, 0.1) is 0 Å². The zero-order chi connectivity index (χ0) is 13.9. The van der Waals surface area contributed by atoms with Crippen molar-refractivity contribution in [3.63, 3.8) is 0 Å². The maximum Gasteiger partial charge on any atom is 0.330 e. The monoisotopic (exact) mass is 286 g/mol. The molecule has 20 heavy (non-hydrogen) atoms. The van der Waals surface area contributed by atoms with Crippen molar-refractivity contribution >= 4 is 17.0 Å². The molecule has 102 valence electrons. The summed E-state index contributed by atoms with van der Waals surface area (Å²) >= 11 is 1.63. The van der Waals surface area contributed by atoms with Gasteiger partial charge in [-0.2, -0.15) is 0 Å². The normalized spacial score (nSPS) is 12.2. The SMILES string of the molecule is CC(Nc1ccc(-n2cc[nH]c2=O)cc1)c1cncs1. The van der Waals surface area contributed by atoms with Crippen LogP contribution in [-0.4, -0.2) is 14.5 Å². The zero-order valence-corrected chi connectivity index (χ0v) is 11.7. The number of imidazole rings is 1. The van der Waals surface area contributed by atoms with Gasteiger partial charge in [-0.3, -0.25) is 9.55 Å². The molecule has 0 fully saturated rings. The van der Waals surface area contributed by atoms with Crippen LogP contribution in [0.25, 0.3) is 5.69 Å². The quantitative estimate of drug-likeness (QED) is 0.775. The van der Waals surface area contributed by atoms with Crippen LogP contribution >= 0.6 is 11.3 Å². The number of nitrogens with zero attached hydrogens (tertiary/aromatic N) is 2. The number of rotatable bonds is 4. The fourth-order valence-corrected chi connectivity index (χ4v) is 2.63. The summed E-state index contributed by atoms with van der Waals surface area (Å²) in [6.45, 7) is 2.10. The molecular formula is C14H14N4OS. The molecule has 3 aromatic rings. The van der Waals surface area contributed by atoms with Crippen molar-refractivity contribution in [1.29, 1.82) is 0 Å². The van der Waals surface area contributed by atoms with Crippen molar-refractivity contribution in [2.45, 2.75) is 13.0 Å². The average Bonchev–Trinajstić information content (AvgIpc) is 3.11. The number of anilines is 1. The minimum absolute atomic E-state index is 0.135. The fourth-order valence-electron chi connectivity index (χ4n) is 2.00. The van der Waals surface area contributed by atoms with E-state index < -0.39 is 0 Å². The summed E-state index contributed by atoms with van der Waals surface area (Å²) < 4.78 is 1.57. The minimum Gasteiger partial charge on any atom is -0.378 e. The van der Waals surface area contributed by atoms with Gasteiger partial charge < -0.3 is 10.3 Å². The van der Waals surface area contributed by atoms with Crippen LogP contribution in [0.4, 0.5) is 5.69 Å². The van der Waals surface area contributed by atoms with Crippen molar-refractivity contribution in [2.24, 2.45) is 0 Å². The highest BCUT2D eigenvalue weighted by atomic mass is 32.1. The molecule has 1 unspecified atom stereocenters. The number of thiazole rings is 1. The smallest absolute Gasteiger partial charge is 0.330 e. The van der Waals surface area contributed by atoms with Crippen LogP contribution in [0.1, 0.15) is 17.8 Å². The predicted molar refractivity (Wildman–Crippen MR) is 80.5 cm³/mol. The van der Waals surface area contributed by atoms with Gasteiger partial charge in [-0.1, -0.05) is 0 Å². The summed E-state index contributed by atoms with van der Waals surface area (Å²) in [5, 5.41) is 3.41. The Hall–Kier alpha value is -2.34. The van der Waals surface area contributed by atoms with Gasteiger partial charge in [0.2, 0.25) is 0 Å². The first-order valence-electron chi connectivity index (χ1n) is 6.25. The minimum atomic E-state index is -0.135. The second-order valence-electron chi connectivity index (χ2n) is 4.45. The standard InChI is InChI=1S/C14H14N4OS/c1-10(13-8-15-9-20-13)17-11-2-4-12(5-3-11)18-7-6-16-14(18)19/h2-10,17H,1H3,(H,16,19). The number of hydrogen-bond donors (Lipinski definition) is 2. The Morgan fingerprint density at radius 1 is 1.35 bits per heavy atom. The van der Waals surface area contributed by atoms with E-state index in [0.717, 1.165) is 11.4 Å². The van der Waals surface area contributed by atoms with Gasteiger partial charge in [0, 0.05) is 29.2 Å². The van der Waals surface area contributed by atoms with E-state index in [4.69, 9.17) is 0 Å². The fraction of sp³-hybridized carbons (Fsp3) is 0.143. The molecule has 2 N–H and O–H groups in total. The molecule has 0 bridgehead atoms. The summed E-state index contributed by atoms with van der Waals surface area (Å²) in [4.78, 5) is 19.4. The van der Waals surface area contributed by atoms with Crippen molar-refractivity contribution in [2.75, 3.05) is 5.32 Å². The van der Waals surface area contributed by atoms with E-state index in [-0.39, 0.29) is 11.7 Å². The number of H-pyrrole nitrogens is 1. The third-order valence-electron chi connectivity index (χ3n) is 3.06. The van der Waals surface area contributed by atoms with Gasteiger partial charge in [0.25, 0.3) is 0 Å². The van der Waals surface area contributed by atoms with Gasteiger partial charge in [-0.25, -0.2) is 4.79 Å². The molecule has 0 amide bonds. The summed E-state index contributed by atoms with van der Waals surface area (Å²) in [7, 11) is 0. The molecule has 0 radical (unpaired) electrons. The zero-order valence-electron chi connectivity index (χ0n) is 10.9. The highest BCUT2D eigenvalue weighted by Gasteiger charge is 2.07. The lowest BCUT2D eigenvalue weighted by molar-refractivity contribution is 0.902. The summed E-state index contributed by atoms with van der Waals surface area (Å²) in [6, 6.07) is 7.97. The molecule has 0 spiro atoms. The largest absolute Gasteiger partial charge is 0.378 e. The van der Waals surface area contributed by atoms with Gasteiger partial charge in [-0.05, 0) is 31.2 Å². The first-order valence-corrected chi connectivity index (χ1v) is 7.13. The summed E-state index contributed by atoms with van der Waals surface area (Å²) in [5.74, 6) is 0. The van der Waals surface area contributed by atoms with Crippen molar-refractivity contribution < 1.29 is 0 Å². The first-order chi connectivity index (χ1) is 9.74. The van der Waals surface area contributed by atoms with Crippen LogP contribution in [-0.2, 0) is 0 Å². The highest BCUT2D eigenvalue weighted by Crippen LogP contribution is 2.22. The van der Waals surface area contributed by atoms with Gasteiger partial charge in [0.1, 0.15) is 0 Å². The van der Waals surface area contributed by atoms with Crippen LogP contribution in [0.3, 0.4) is 0 Å². The Labute approximate surface area is 119 Å². The second-order valence-corrected chi connectivity index (χ2v) is 5.37. The van der Waals surface area contributed by atoms with Crippen LogP contribution in [0.15, 0.2) is 53.2 Å². The maximum atomic E-state index is 11.5. The molecule has 1 atom stereocenters. The Bertz CT molecular complexity index is 727. The summed E-state index contributed by atoms with van der Waals surface area (Å²) in [6.07, 6.45) is 5.21. The Morgan fingerprint density at radius 2 is 2.15 bits per heavy atom. The second kappa shape index (κ2) is 5.34. The van der Waals surface area contributed by atoms with Crippen molar-refractivity contribution in [3.8, 4) is 5.69 Å². The molecule has 1 aromatic carbocycles. The number of aromatic nitrogens is 3. The molecule has 0 aliphatic carbocycles. The first kappa shape index (κ1) is 12.7. The van der Waals surface area contributed by atoms with Gasteiger partial charge in [0.05, 0.1) is 17.2 Å². The average molecular weight is 286 g/mol. The summed E-state index contributed by atoms with van der Waals surface area (Å²) in [5.41, 5.74) is 3.55. The Morgan fingerprint density at radius 3 is 2.75 bits per heavy atom. The van der Waals surface area contributed by atoms with Gasteiger partial charge in [-0.15, -0.1) is 11.3 Å². The molecule has 0 aliphatic rings. The lowest BCUT2D eigenvalue weighted by Gasteiger charge is -2.13. The Kier molecular flexibility index (Phi) is 3.39. The van der Waals surface area contributed by atoms with Gasteiger partial charge in [0.15, 0.2) is 0 Å². The van der Waals surface area contributed by atoms with Crippen molar-refractivity contribution in [1.82, 2.24) is 14.5 Å². The molecule has 0 saturated heterocycles.